The van der Waals surface area contributed by atoms with Crippen LogP contribution in [-0.2, 0) is 0 Å². The van der Waals surface area contributed by atoms with E-state index < -0.39 is 24.0 Å². The predicted octanol–water partition coefficient (Wildman–Crippen LogP) is 6.55. The summed E-state index contributed by atoms with van der Waals surface area (Å²) in [6, 6.07) is 14.2. The fourth-order valence-corrected chi connectivity index (χ4v) is 3.68. The first-order chi connectivity index (χ1) is 15.1. The van der Waals surface area contributed by atoms with E-state index in [1.54, 1.807) is 0 Å². The molecule has 0 bridgehead atoms. The Bertz CT molecular complexity index is 1160. The third kappa shape index (κ3) is 5.18. The number of hydrogen-bond donors (Lipinski definition) is 1. The van der Waals surface area contributed by atoms with Crippen LogP contribution in [0, 0.1) is 11.3 Å². The standard InChI is InChI=1S/C23H16ClF3N2O3/c1-13(21(23(25,26)27)15-4-2-14(11-28)3-5-15)18-8-7-17(10-19(18)24)32-20-9-6-16(12-29-20)22(30)31/h2-10,12-13,21H,1H3,(H,30,31). The van der Waals surface area contributed by atoms with Crippen molar-refractivity contribution in [2.45, 2.75) is 24.9 Å². The number of alkyl halides is 3. The van der Waals surface area contributed by atoms with Crippen LogP contribution in [0.2, 0.25) is 5.02 Å². The zero-order valence-corrected chi connectivity index (χ0v) is 17.4. The maximum atomic E-state index is 13.9. The van der Waals surface area contributed by atoms with E-state index >= 15 is 0 Å². The molecule has 0 spiro atoms. The van der Waals surface area contributed by atoms with Gasteiger partial charge in [-0.1, -0.05) is 36.7 Å². The summed E-state index contributed by atoms with van der Waals surface area (Å²) in [5.41, 5.74) is 0.565. The van der Waals surface area contributed by atoms with E-state index in [-0.39, 0.29) is 38.9 Å². The van der Waals surface area contributed by atoms with Crippen LogP contribution in [0.1, 0.15) is 45.8 Å². The molecule has 1 aromatic heterocycles. The van der Waals surface area contributed by atoms with Gasteiger partial charge in [-0.3, -0.25) is 0 Å². The Labute approximate surface area is 186 Å². The van der Waals surface area contributed by atoms with Gasteiger partial charge in [0.05, 0.1) is 23.1 Å². The summed E-state index contributed by atoms with van der Waals surface area (Å²) in [5.74, 6) is -3.63. The summed E-state index contributed by atoms with van der Waals surface area (Å²) < 4.78 is 47.3. The molecule has 0 radical (unpaired) electrons. The number of nitriles is 1. The van der Waals surface area contributed by atoms with Gasteiger partial charge in [0, 0.05) is 17.3 Å². The van der Waals surface area contributed by atoms with Crippen molar-refractivity contribution in [2.75, 3.05) is 0 Å². The number of nitrogens with zero attached hydrogens (tertiary/aromatic N) is 2. The molecule has 1 heterocycles. The summed E-state index contributed by atoms with van der Waals surface area (Å²) in [4.78, 5) is 14.8. The molecule has 0 fully saturated rings. The molecule has 3 aromatic rings. The maximum Gasteiger partial charge on any atom is 0.396 e. The van der Waals surface area contributed by atoms with Gasteiger partial charge in [0.1, 0.15) is 5.75 Å². The van der Waals surface area contributed by atoms with Gasteiger partial charge in [0.15, 0.2) is 0 Å². The fourth-order valence-electron chi connectivity index (χ4n) is 3.33. The van der Waals surface area contributed by atoms with Gasteiger partial charge in [-0.25, -0.2) is 9.78 Å². The van der Waals surface area contributed by atoms with Crippen molar-refractivity contribution < 1.29 is 27.8 Å². The minimum atomic E-state index is -4.54. The number of aromatic nitrogens is 1. The van der Waals surface area contributed by atoms with E-state index in [0.29, 0.717) is 0 Å². The number of halogens is 4. The lowest BCUT2D eigenvalue weighted by atomic mass is 9.82. The Balaban J connectivity index is 1.87. The van der Waals surface area contributed by atoms with Crippen LogP contribution in [0.3, 0.4) is 0 Å². The summed E-state index contributed by atoms with van der Waals surface area (Å²) in [5, 5.41) is 17.9. The fraction of sp³-hybridized carbons (Fsp3) is 0.174. The molecule has 2 atom stereocenters. The number of pyridine rings is 1. The van der Waals surface area contributed by atoms with E-state index in [1.165, 1.54) is 61.5 Å². The van der Waals surface area contributed by atoms with Crippen molar-refractivity contribution in [3.8, 4) is 17.7 Å². The smallest absolute Gasteiger partial charge is 0.396 e. The minimum Gasteiger partial charge on any atom is -0.478 e. The molecule has 32 heavy (non-hydrogen) atoms. The van der Waals surface area contributed by atoms with Crippen LogP contribution in [0.25, 0.3) is 0 Å². The minimum absolute atomic E-state index is 0.0134. The second-order valence-electron chi connectivity index (χ2n) is 7.02. The summed E-state index contributed by atoms with van der Waals surface area (Å²) in [6.45, 7) is 1.43. The van der Waals surface area contributed by atoms with Crippen molar-refractivity contribution in [3.63, 3.8) is 0 Å². The van der Waals surface area contributed by atoms with Gasteiger partial charge in [-0.15, -0.1) is 0 Å². The summed E-state index contributed by atoms with van der Waals surface area (Å²) in [7, 11) is 0. The first-order valence-corrected chi connectivity index (χ1v) is 9.71. The Morgan fingerprint density at radius 2 is 1.84 bits per heavy atom. The molecule has 1 N–H and O–H groups in total. The average molecular weight is 461 g/mol. The second kappa shape index (κ2) is 9.28. The lowest BCUT2D eigenvalue weighted by Crippen LogP contribution is -2.26. The van der Waals surface area contributed by atoms with Crippen LogP contribution >= 0.6 is 11.6 Å². The largest absolute Gasteiger partial charge is 0.478 e. The van der Waals surface area contributed by atoms with E-state index in [4.69, 9.17) is 26.7 Å². The van der Waals surface area contributed by atoms with Crippen LogP contribution in [0.15, 0.2) is 60.8 Å². The highest BCUT2D eigenvalue weighted by atomic mass is 35.5. The first-order valence-electron chi connectivity index (χ1n) is 9.33. The van der Waals surface area contributed by atoms with Crippen molar-refractivity contribution in [1.82, 2.24) is 4.98 Å². The van der Waals surface area contributed by atoms with Gasteiger partial charge in [-0.05, 0) is 47.4 Å². The van der Waals surface area contributed by atoms with Crippen LogP contribution in [0.5, 0.6) is 11.6 Å². The van der Waals surface area contributed by atoms with Crippen molar-refractivity contribution in [3.05, 3.63) is 88.1 Å². The highest BCUT2D eigenvalue weighted by Crippen LogP contribution is 2.46. The zero-order chi connectivity index (χ0) is 23.5. The SMILES string of the molecule is CC(c1ccc(Oc2ccc(C(=O)O)cn2)cc1Cl)C(c1ccc(C#N)cc1)C(F)(F)F. The highest BCUT2D eigenvalue weighted by Gasteiger charge is 2.45. The van der Waals surface area contributed by atoms with E-state index in [2.05, 4.69) is 4.98 Å². The average Bonchev–Trinajstić information content (AvgIpc) is 2.74. The molecule has 164 valence electrons. The van der Waals surface area contributed by atoms with Gasteiger partial charge < -0.3 is 9.84 Å². The predicted molar refractivity (Wildman–Crippen MR) is 111 cm³/mol. The molecule has 0 aliphatic carbocycles. The van der Waals surface area contributed by atoms with Crippen molar-refractivity contribution in [2.24, 2.45) is 0 Å². The number of benzene rings is 2. The molecule has 0 aliphatic heterocycles. The molecule has 2 unspecified atom stereocenters. The third-order valence-corrected chi connectivity index (χ3v) is 5.25. The summed E-state index contributed by atoms with van der Waals surface area (Å²) in [6.07, 6.45) is -3.41. The summed E-state index contributed by atoms with van der Waals surface area (Å²) >= 11 is 6.30. The zero-order valence-electron chi connectivity index (χ0n) is 16.6. The maximum absolute atomic E-state index is 13.9. The molecule has 9 heteroatoms. The number of carboxylic acid groups (broad SMARTS) is 1. The quantitative estimate of drug-likeness (QED) is 0.451. The topological polar surface area (TPSA) is 83.2 Å². The number of carboxylic acids is 1. The van der Waals surface area contributed by atoms with Crippen molar-refractivity contribution >= 4 is 17.6 Å². The Kier molecular flexibility index (Phi) is 6.70. The second-order valence-corrected chi connectivity index (χ2v) is 7.42. The molecule has 2 aromatic carbocycles. The van der Waals surface area contributed by atoms with Gasteiger partial charge in [-0.2, -0.15) is 18.4 Å². The van der Waals surface area contributed by atoms with Crippen molar-refractivity contribution in [1.29, 1.82) is 5.26 Å². The van der Waals surface area contributed by atoms with E-state index in [0.717, 1.165) is 6.20 Å². The first kappa shape index (κ1) is 23.1. The lowest BCUT2D eigenvalue weighted by Gasteiger charge is -2.28. The van der Waals surface area contributed by atoms with Gasteiger partial charge in [0.25, 0.3) is 0 Å². The molecule has 0 amide bonds. The van der Waals surface area contributed by atoms with Crippen LogP contribution in [0.4, 0.5) is 13.2 Å². The number of carbonyl (C=O) groups is 1. The van der Waals surface area contributed by atoms with Gasteiger partial charge in [0.2, 0.25) is 5.88 Å². The molecule has 5 nitrogen and oxygen atoms in total. The highest BCUT2D eigenvalue weighted by molar-refractivity contribution is 6.31. The van der Waals surface area contributed by atoms with E-state index in [9.17, 15) is 18.0 Å². The monoisotopic (exact) mass is 460 g/mol. The van der Waals surface area contributed by atoms with Crippen LogP contribution in [-0.4, -0.2) is 22.2 Å². The number of ether oxygens (including phenoxy) is 1. The Hall–Kier alpha value is -3.57. The van der Waals surface area contributed by atoms with Crippen LogP contribution < -0.4 is 4.74 Å². The van der Waals surface area contributed by atoms with E-state index in [1.807, 2.05) is 6.07 Å². The molecule has 3 rings (SSSR count). The number of aromatic carboxylic acids is 1. The number of rotatable bonds is 6. The molecular weight excluding hydrogens is 445 g/mol. The normalized spacial score (nSPS) is 13.1. The Morgan fingerprint density at radius 3 is 2.34 bits per heavy atom. The third-order valence-electron chi connectivity index (χ3n) is 4.92. The molecule has 0 aliphatic rings. The molecule has 0 saturated carbocycles. The Morgan fingerprint density at radius 1 is 1.16 bits per heavy atom. The number of hydrogen-bond acceptors (Lipinski definition) is 4. The van der Waals surface area contributed by atoms with Gasteiger partial charge >= 0.3 is 12.1 Å². The molecular formula is C23H16ClF3N2O3. The lowest BCUT2D eigenvalue weighted by molar-refractivity contribution is -0.154. The molecule has 0 saturated heterocycles.